The van der Waals surface area contributed by atoms with Gasteiger partial charge in [0.2, 0.25) is 11.8 Å². The summed E-state index contributed by atoms with van der Waals surface area (Å²) in [5.41, 5.74) is 1.33. The Morgan fingerprint density at radius 3 is 2.46 bits per heavy atom. The summed E-state index contributed by atoms with van der Waals surface area (Å²) < 4.78 is 0. The number of carbonyl (C=O) groups excluding carboxylic acids is 2. The number of nitrogens with zero attached hydrogens (tertiary/aromatic N) is 2. The van der Waals surface area contributed by atoms with E-state index in [9.17, 15) is 9.59 Å². The lowest BCUT2D eigenvalue weighted by Gasteiger charge is -2.42. The highest BCUT2D eigenvalue weighted by Crippen LogP contribution is 2.39. The molecule has 7 heteroatoms. The third-order valence-corrected chi connectivity index (χ3v) is 9.12. The fourth-order valence-electron chi connectivity index (χ4n) is 6.72. The maximum absolute atomic E-state index is 13.2. The predicted octanol–water partition coefficient (Wildman–Crippen LogP) is 2.59. The van der Waals surface area contributed by atoms with Gasteiger partial charge in [-0.25, -0.2) is 0 Å². The largest absolute Gasteiger partial charge is 0.355 e. The second-order valence-electron chi connectivity index (χ2n) is 11.8. The minimum atomic E-state index is 0.155. The van der Waals surface area contributed by atoms with Gasteiger partial charge in [0.05, 0.1) is 6.17 Å². The van der Waals surface area contributed by atoms with Crippen LogP contribution >= 0.6 is 0 Å². The molecule has 0 bridgehead atoms. The summed E-state index contributed by atoms with van der Waals surface area (Å²) in [5.74, 6) is 2.41. The van der Waals surface area contributed by atoms with Gasteiger partial charge in [0.25, 0.3) is 0 Å². The minimum absolute atomic E-state index is 0.155. The van der Waals surface area contributed by atoms with E-state index in [1.165, 1.54) is 24.8 Å². The molecule has 3 N–H and O–H groups in total. The highest BCUT2D eigenvalue weighted by atomic mass is 16.2. The fraction of sp³-hybridized carbons (Fsp3) is 0.857. The summed E-state index contributed by atoms with van der Waals surface area (Å²) in [5, 5.41) is 10.3. The number of hydrogen-bond donors (Lipinski definition) is 3. The van der Waals surface area contributed by atoms with Crippen LogP contribution in [-0.2, 0) is 9.59 Å². The quantitative estimate of drug-likeness (QED) is 0.481. The van der Waals surface area contributed by atoms with Gasteiger partial charge >= 0.3 is 0 Å². The average molecular weight is 488 g/mol. The molecule has 0 radical (unpaired) electrons. The number of nitrogens with one attached hydrogen (secondary N) is 3. The van der Waals surface area contributed by atoms with Crippen molar-refractivity contribution in [2.75, 3.05) is 52.4 Å². The summed E-state index contributed by atoms with van der Waals surface area (Å²) in [4.78, 5) is 30.6. The molecule has 0 aromatic carbocycles. The Hall–Kier alpha value is -1.44. The molecule has 0 aromatic heterocycles. The molecule has 0 spiro atoms. The monoisotopic (exact) mass is 487 g/mol. The maximum Gasteiger partial charge on any atom is 0.223 e. The average Bonchev–Trinajstić information content (AvgIpc) is 2.89. The van der Waals surface area contributed by atoms with Crippen LogP contribution < -0.4 is 16.0 Å². The standard InChI is InChI=1S/C28H49N5O2/c1-20(2)25-17-23(21(3)16-24(25)19-31-28(35)22-7-10-29-11-8-22)18-27(34)33-14-12-32(13-15-33)26-6-4-5-9-30-26/h16,20,22-26,29-30H,4-15,17-19H2,1-3H3,(H,31,35)/t23-,24-,25-,26?/m0/s1. The normalized spacial score (nSPS) is 31.3. The van der Waals surface area contributed by atoms with Gasteiger partial charge in [0, 0.05) is 45.1 Å². The van der Waals surface area contributed by atoms with Gasteiger partial charge in [0.1, 0.15) is 0 Å². The van der Waals surface area contributed by atoms with E-state index in [2.05, 4.69) is 52.6 Å². The number of amides is 2. The predicted molar refractivity (Wildman–Crippen MR) is 141 cm³/mol. The molecule has 7 nitrogen and oxygen atoms in total. The molecule has 1 aliphatic carbocycles. The van der Waals surface area contributed by atoms with Gasteiger partial charge < -0.3 is 20.9 Å². The number of carbonyl (C=O) groups is 2. The Kier molecular flexibility index (Phi) is 9.65. The van der Waals surface area contributed by atoms with Gasteiger partial charge in [-0.3, -0.25) is 14.5 Å². The van der Waals surface area contributed by atoms with Crippen LogP contribution in [0.4, 0.5) is 0 Å². The zero-order valence-electron chi connectivity index (χ0n) is 22.4. The summed E-state index contributed by atoms with van der Waals surface area (Å²) in [7, 11) is 0. The molecule has 4 rings (SSSR count). The first-order valence-corrected chi connectivity index (χ1v) is 14.3. The van der Waals surface area contributed by atoms with E-state index in [1.807, 2.05) is 0 Å². The molecule has 198 valence electrons. The van der Waals surface area contributed by atoms with Crippen molar-refractivity contribution in [3.8, 4) is 0 Å². The molecular formula is C28H49N5O2. The van der Waals surface area contributed by atoms with E-state index < -0.39 is 0 Å². The zero-order valence-corrected chi connectivity index (χ0v) is 22.4. The van der Waals surface area contributed by atoms with Gasteiger partial charge in [-0.05, 0) is 88.8 Å². The van der Waals surface area contributed by atoms with Crippen LogP contribution in [0.3, 0.4) is 0 Å². The van der Waals surface area contributed by atoms with Crippen LogP contribution in [0.5, 0.6) is 0 Å². The van der Waals surface area contributed by atoms with E-state index >= 15 is 0 Å². The molecule has 3 aliphatic heterocycles. The fourth-order valence-corrected chi connectivity index (χ4v) is 6.72. The lowest BCUT2D eigenvalue weighted by Crippen LogP contribution is -2.57. The summed E-state index contributed by atoms with van der Waals surface area (Å²) in [6, 6.07) is 0. The smallest absolute Gasteiger partial charge is 0.223 e. The second kappa shape index (κ2) is 12.7. The van der Waals surface area contributed by atoms with Crippen molar-refractivity contribution in [1.82, 2.24) is 25.8 Å². The maximum atomic E-state index is 13.2. The van der Waals surface area contributed by atoms with Crippen molar-refractivity contribution in [3.05, 3.63) is 11.6 Å². The number of hydrogen-bond acceptors (Lipinski definition) is 5. The SMILES string of the molecule is CC1=C[C@@H](CNC(=O)C2CCNCC2)[C@H](C(C)C)C[C@H]1CC(=O)N1CCN(C2CCCCN2)CC1. The Bertz CT molecular complexity index is 734. The first kappa shape index (κ1) is 26.6. The number of piperazine rings is 1. The Balaban J connectivity index is 1.28. The van der Waals surface area contributed by atoms with Crippen LogP contribution in [0, 0.1) is 29.6 Å². The van der Waals surface area contributed by atoms with Gasteiger partial charge in [0.15, 0.2) is 0 Å². The first-order chi connectivity index (χ1) is 16.9. The number of piperidine rings is 2. The van der Waals surface area contributed by atoms with Gasteiger partial charge in [-0.1, -0.05) is 25.5 Å². The topological polar surface area (TPSA) is 76.7 Å². The summed E-state index contributed by atoms with van der Waals surface area (Å²) in [6.07, 6.45) is 10.3. The molecule has 1 unspecified atom stereocenters. The van der Waals surface area contributed by atoms with Crippen molar-refractivity contribution in [1.29, 1.82) is 0 Å². The molecule has 0 aromatic rings. The Labute approximate surface area is 212 Å². The van der Waals surface area contributed by atoms with Crippen molar-refractivity contribution in [2.24, 2.45) is 29.6 Å². The lowest BCUT2D eigenvalue weighted by molar-refractivity contribution is -0.134. The second-order valence-corrected chi connectivity index (χ2v) is 11.8. The molecule has 4 aliphatic rings. The summed E-state index contributed by atoms with van der Waals surface area (Å²) in [6.45, 7) is 14.2. The zero-order chi connectivity index (χ0) is 24.8. The molecule has 4 atom stereocenters. The van der Waals surface area contributed by atoms with E-state index in [-0.39, 0.29) is 11.8 Å². The Morgan fingerprint density at radius 1 is 1.06 bits per heavy atom. The highest BCUT2D eigenvalue weighted by Gasteiger charge is 2.35. The van der Waals surface area contributed by atoms with Gasteiger partial charge in [-0.2, -0.15) is 0 Å². The minimum Gasteiger partial charge on any atom is -0.355 e. The van der Waals surface area contributed by atoms with Gasteiger partial charge in [-0.15, -0.1) is 0 Å². The summed E-state index contributed by atoms with van der Waals surface area (Å²) >= 11 is 0. The van der Waals surface area contributed by atoms with Crippen LogP contribution in [0.1, 0.15) is 65.7 Å². The lowest BCUT2D eigenvalue weighted by atomic mass is 9.69. The molecule has 3 fully saturated rings. The molecule has 35 heavy (non-hydrogen) atoms. The van der Waals surface area contributed by atoms with Crippen molar-refractivity contribution in [3.63, 3.8) is 0 Å². The third kappa shape index (κ3) is 7.07. The van der Waals surface area contributed by atoms with Crippen LogP contribution in [0.2, 0.25) is 0 Å². The van der Waals surface area contributed by atoms with Crippen molar-refractivity contribution >= 4 is 11.8 Å². The van der Waals surface area contributed by atoms with E-state index in [4.69, 9.17) is 0 Å². The van der Waals surface area contributed by atoms with Crippen LogP contribution in [0.15, 0.2) is 11.6 Å². The van der Waals surface area contributed by atoms with E-state index in [0.717, 1.165) is 71.6 Å². The number of allylic oxidation sites excluding steroid dienone is 1. The molecular weight excluding hydrogens is 438 g/mol. The van der Waals surface area contributed by atoms with Crippen LogP contribution in [-0.4, -0.2) is 80.1 Å². The molecule has 0 saturated carbocycles. The molecule has 3 saturated heterocycles. The molecule has 2 amide bonds. The van der Waals surface area contributed by atoms with E-state index in [0.29, 0.717) is 42.2 Å². The third-order valence-electron chi connectivity index (χ3n) is 9.12. The van der Waals surface area contributed by atoms with Crippen molar-refractivity contribution < 1.29 is 9.59 Å². The van der Waals surface area contributed by atoms with Crippen LogP contribution in [0.25, 0.3) is 0 Å². The highest BCUT2D eigenvalue weighted by molar-refractivity contribution is 5.79. The first-order valence-electron chi connectivity index (χ1n) is 14.3. The Morgan fingerprint density at radius 2 is 1.80 bits per heavy atom. The van der Waals surface area contributed by atoms with Crippen molar-refractivity contribution in [2.45, 2.75) is 71.9 Å². The van der Waals surface area contributed by atoms with E-state index in [1.54, 1.807) is 0 Å². The number of rotatable bonds is 7. The molecule has 3 heterocycles.